The molecule has 3 aromatic heterocycles. The molecule has 0 aliphatic carbocycles. The highest BCUT2D eigenvalue weighted by Gasteiger charge is 2.36. The Kier molecular flexibility index (Phi) is 3.95. The van der Waals surface area contributed by atoms with Gasteiger partial charge in [0.1, 0.15) is 5.15 Å². The molecule has 26 heavy (non-hydrogen) atoms. The van der Waals surface area contributed by atoms with E-state index < -0.39 is 23.3 Å². The second-order valence-corrected chi connectivity index (χ2v) is 6.45. The second kappa shape index (κ2) is 6.05. The smallest absolute Gasteiger partial charge is 0.420 e. The van der Waals surface area contributed by atoms with Crippen molar-refractivity contribution in [1.29, 1.82) is 0 Å². The Morgan fingerprint density at radius 2 is 1.96 bits per heavy atom. The van der Waals surface area contributed by atoms with Crippen LogP contribution in [0.5, 0.6) is 0 Å². The number of halogens is 4. The molecule has 4 rings (SSSR count). The van der Waals surface area contributed by atoms with Gasteiger partial charge < -0.3 is 9.32 Å². The largest absolute Gasteiger partial charge is 0.472 e. The molecule has 9 heteroatoms. The fraction of sp³-hybridized carbons (Fsp3) is 0.294. The average molecular weight is 384 g/mol. The molecule has 0 spiro atoms. The van der Waals surface area contributed by atoms with Crippen LogP contribution in [0, 0.1) is 0 Å². The van der Waals surface area contributed by atoms with Gasteiger partial charge in [0.25, 0.3) is 5.91 Å². The highest BCUT2D eigenvalue weighted by Crippen LogP contribution is 2.37. The average Bonchev–Trinajstić information content (AvgIpc) is 3.34. The second-order valence-electron chi connectivity index (χ2n) is 6.10. The maximum atomic E-state index is 13.6. The number of fused-ring (bicyclic) bond motifs is 1. The third kappa shape index (κ3) is 2.74. The van der Waals surface area contributed by atoms with Crippen molar-refractivity contribution in [2.75, 3.05) is 13.1 Å². The number of rotatable bonds is 2. The van der Waals surface area contributed by atoms with Crippen molar-refractivity contribution in [1.82, 2.24) is 14.3 Å². The number of carbonyl (C=O) groups is 1. The molecular weight excluding hydrogens is 371 g/mol. The Bertz CT molecular complexity index is 973. The molecule has 1 amide bonds. The number of furan rings is 1. The maximum absolute atomic E-state index is 13.6. The number of likely N-dealkylation sites (tertiary alicyclic amines) is 1. The fourth-order valence-corrected chi connectivity index (χ4v) is 3.37. The molecule has 0 aromatic carbocycles. The van der Waals surface area contributed by atoms with E-state index in [4.69, 9.17) is 16.0 Å². The lowest BCUT2D eigenvalue weighted by atomic mass is 10.1. The van der Waals surface area contributed by atoms with Gasteiger partial charge in [-0.1, -0.05) is 11.6 Å². The zero-order valence-electron chi connectivity index (χ0n) is 13.4. The van der Waals surface area contributed by atoms with Crippen LogP contribution in [0.3, 0.4) is 0 Å². The number of amides is 1. The number of imidazole rings is 1. The molecule has 1 fully saturated rings. The molecule has 0 radical (unpaired) electrons. The topological polar surface area (TPSA) is 50.8 Å². The number of pyridine rings is 1. The molecule has 0 N–H and O–H groups in total. The first-order valence-electron chi connectivity index (χ1n) is 7.97. The summed E-state index contributed by atoms with van der Waals surface area (Å²) in [5.74, 6) is -0.450. The molecule has 4 heterocycles. The lowest BCUT2D eigenvalue weighted by Crippen LogP contribution is -2.28. The predicted octanol–water partition coefficient (Wildman–Crippen LogP) is 4.50. The van der Waals surface area contributed by atoms with Gasteiger partial charge in [0.05, 0.1) is 18.1 Å². The molecule has 0 unspecified atom stereocenters. The van der Waals surface area contributed by atoms with Crippen LogP contribution < -0.4 is 0 Å². The third-order valence-corrected chi connectivity index (χ3v) is 4.78. The Labute approximate surface area is 151 Å². The Hall–Kier alpha value is -2.48. The van der Waals surface area contributed by atoms with E-state index in [1.165, 1.54) is 18.7 Å². The van der Waals surface area contributed by atoms with Gasteiger partial charge in [-0.3, -0.25) is 9.20 Å². The molecule has 5 nitrogen and oxygen atoms in total. The number of carbonyl (C=O) groups excluding carboxylic acids is 1. The summed E-state index contributed by atoms with van der Waals surface area (Å²) in [5.41, 5.74) is -0.785. The van der Waals surface area contributed by atoms with Crippen LogP contribution in [0.1, 0.15) is 28.9 Å². The monoisotopic (exact) mass is 383 g/mol. The minimum absolute atomic E-state index is 0.132. The normalized spacial score (nSPS) is 15.2. The molecule has 0 atom stereocenters. The van der Waals surface area contributed by atoms with E-state index in [1.54, 1.807) is 11.0 Å². The van der Waals surface area contributed by atoms with Gasteiger partial charge >= 0.3 is 6.18 Å². The number of alkyl halides is 3. The van der Waals surface area contributed by atoms with Crippen LogP contribution >= 0.6 is 11.6 Å². The van der Waals surface area contributed by atoms with Crippen LogP contribution in [0.15, 0.2) is 35.3 Å². The molecule has 3 aromatic rings. The fourth-order valence-electron chi connectivity index (χ4n) is 3.12. The Morgan fingerprint density at radius 1 is 1.23 bits per heavy atom. The van der Waals surface area contributed by atoms with Crippen molar-refractivity contribution < 1.29 is 22.4 Å². The summed E-state index contributed by atoms with van der Waals surface area (Å²) >= 11 is 6.25. The summed E-state index contributed by atoms with van der Waals surface area (Å²) in [5, 5.41) is -0.132. The van der Waals surface area contributed by atoms with Gasteiger partial charge in [0.15, 0.2) is 11.3 Å². The standard InChI is InChI=1S/C17H13ClF3N3O2/c18-14-13(16(25)23-4-1-2-5-23)22-15-12(17(19,20)21)7-11(8-24(14)15)10-3-6-26-9-10/h3,6-9H,1-2,4-5H2. The highest BCUT2D eigenvalue weighted by molar-refractivity contribution is 6.33. The lowest BCUT2D eigenvalue weighted by Gasteiger charge is -2.13. The number of aromatic nitrogens is 2. The summed E-state index contributed by atoms with van der Waals surface area (Å²) in [6.45, 7) is 1.10. The van der Waals surface area contributed by atoms with E-state index in [0.717, 1.165) is 23.3 Å². The van der Waals surface area contributed by atoms with Crippen LogP contribution in [-0.4, -0.2) is 33.3 Å². The van der Waals surface area contributed by atoms with Gasteiger partial charge in [-0.05, 0) is 25.0 Å². The minimum Gasteiger partial charge on any atom is -0.472 e. The summed E-state index contributed by atoms with van der Waals surface area (Å²) in [7, 11) is 0. The van der Waals surface area contributed by atoms with Crippen molar-refractivity contribution in [2.24, 2.45) is 0 Å². The quantitative estimate of drug-likeness (QED) is 0.654. The molecule has 0 saturated carbocycles. The van der Waals surface area contributed by atoms with E-state index in [1.807, 2.05) is 0 Å². The van der Waals surface area contributed by atoms with E-state index in [2.05, 4.69) is 4.98 Å². The number of hydrogen-bond donors (Lipinski definition) is 0. The predicted molar refractivity (Wildman–Crippen MR) is 88.0 cm³/mol. The lowest BCUT2D eigenvalue weighted by molar-refractivity contribution is -0.136. The SMILES string of the molecule is O=C(c1nc2c(C(F)(F)F)cc(-c3ccoc3)cn2c1Cl)N1CCCC1. The summed E-state index contributed by atoms with van der Waals surface area (Å²) < 4.78 is 46.8. The van der Waals surface area contributed by atoms with Crippen LogP contribution in [0.25, 0.3) is 16.8 Å². The molecule has 1 saturated heterocycles. The summed E-state index contributed by atoms with van der Waals surface area (Å²) in [6.07, 6.45) is 1.19. The Morgan fingerprint density at radius 3 is 2.58 bits per heavy atom. The van der Waals surface area contributed by atoms with Crippen molar-refractivity contribution in [3.05, 3.63) is 47.3 Å². The number of hydrogen-bond acceptors (Lipinski definition) is 3. The summed E-state index contributed by atoms with van der Waals surface area (Å²) in [4.78, 5) is 18.1. The minimum atomic E-state index is -4.65. The van der Waals surface area contributed by atoms with Gasteiger partial charge in [-0.15, -0.1) is 0 Å². The molecule has 0 bridgehead atoms. The molecule has 1 aliphatic heterocycles. The van der Waals surface area contributed by atoms with E-state index in [9.17, 15) is 18.0 Å². The van der Waals surface area contributed by atoms with Crippen LogP contribution in [-0.2, 0) is 6.18 Å². The van der Waals surface area contributed by atoms with Crippen molar-refractivity contribution in [3.63, 3.8) is 0 Å². The zero-order chi connectivity index (χ0) is 18.5. The number of nitrogens with zero attached hydrogens (tertiary/aromatic N) is 3. The van der Waals surface area contributed by atoms with Gasteiger partial charge in [-0.2, -0.15) is 13.2 Å². The van der Waals surface area contributed by atoms with E-state index >= 15 is 0 Å². The highest BCUT2D eigenvalue weighted by atomic mass is 35.5. The van der Waals surface area contributed by atoms with Crippen molar-refractivity contribution in [3.8, 4) is 11.1 Å². The van der Waals surface area contributed by atoms with E-state index in [0.29, 0.717) is 18.7 Å². The molecular formula is C17H13ClF3N3O2. The van der Waals surface area contributed by atoms with Crippen molar-refractivity contribution in [2.45, 2.75) is 19.0 Å². The molecule has 136 valence electrons. The zero-order valence-corrected chi connectivity index (χ0v) is 14.1. The van der Waals surface area contributed by atoms with Gasteiger partial charge in [0.2, 0.25) is 0 Å². The molecule has 1 aliphatic rings. The Balaban J connectivity index is 1.92. The van der Waals surface area contributed by atoms with Crippen molar-refractivity contribution >= 4 is 23.2 Å². The van der Waals surface area contributed by atoms with Gasteiger partial charge in [-0.25, -0.2) is 4.98 Å². The first-order valence-corrected chi connectivity index (χ1v) is 8.34. The first kappa shape index (κ1) is 17.0. The van der Waals surface area contributed by atoms with Crippen LogP contribution in [0.4, 0.5) is 13.2 Å². The van der Waals surface area contributed by atoms with Gasteiger partial charge in [0, 0.05) is 30.4 Å². The van der Waals surface area contributed by atoms with Crippen LogP contribution in [0.2, 0.25) is 5.15 Å². The summed E-state index contributed by atoms with van der Waals surface area (Å²) in [6, 6.07) is 2.52. The maximum Gasteiger partial charge on any atom is 0.420 e. The first-order chi connectivity index (χ1) is 12.4. The third-order valence-electron chi connectivity index (χ3n) is 4.42. The van der Waals surface area contributed by atoms with E-state index in [-0.39, 0.29) is 16.4 Å².